The zero-order valence-corrected chi connectivity index (χ0v) is 18.7. The van der Waals surface area contributed by atoms with Gasteiger partial charge in [0.05, 0.1) is 19.6 Å². The van der Waals surface area contributed by atoms with Crippen LogP contribution in [0.15, 0.2) is 12.1 Å². The van der Waals surface area contributed by atoms with E-state index in [0.29, 0.717) is 0 Å². The van der Waals surface area contributed by atoms with Gasteiger partial charge in [-0.3, -0.25) is 4.79 Å². The molecule has 1 heterocycles. The fourth-order valence-electron chi connectivity index (χ4n) is 4.93. The summed E-state index contributed by atoms with van der Waals surface area (Å²) >= 11 is 0. The Labute approximate surface area is 176 Å². The first kappa shape index (κ1) is 21.0. The first-order valence-corrected chi connectivity index (χ1v) is 9.38. The molecule has 25 heavy (non-hydrogen) atoms. The van der Waals surface area contributed by atoms with Crippen molar-refractivity contribution < 1.29 is 46.4 Å². The van der Waals surface area contributed by atoms with Gasteiger partial charge in [0.1, 0.15) is 5.82 Å². The maximum absolute atomic E-state index is 13.5. The summed E-state index contributed by atoms with van der Waals surface area (Å²) in [5, 5.41) is 3.18. The third-order valence-electron chi connectivity index (χ3n) is 6.52. The summed E-state index contributed by atoms with van der Waals surface area (Å²) in [5.41, 5.74) is 2.12. The Morgan fingerprint density at radius 3 is 2.12 bits per heavy atom. The van der Waals surface area contributed by atoms with Gasteiger partial charge < -0.3 is 9.80 Å². The van der Waals surface area contributed by atoms with E-state index < -0.39 is 0 Å². The second-order valence-corrected chi connectivity index (χ2v) is 7.72. The van der Waals surface area contributed by atoms with Crippen LogP contribution in [0, 0.1) is 19.7 Å². The molecule has 135 valence electrons. The van der Waals surface area contributed by atoms with Gasteiger partial charge >= 0.3 is 0 Å². The number of amides is 1. The van der Waals surface area contributed by atoms with Crippen molar-refractivity contribution >= 4 is 11.6 Å². The maximum Gasteiger partial charge on any atom is 0.285 e. The van der Waals surface area contributed by atoms with Crippen LogP contribution in [-0.2, 0) is 37.5 Å². The normalized spacial score (nSPS) is 21.0. The number of hydrogen-bond donors (Lipinski definition) is 1. The molecule has 5 heteroatoms. The van der Waals surface area contributed by atoms with Gasteiger partial charge in [0.2, 0.25) is 0 Å². The van der Waals surface area contributed by atoms with Crippen LogP contribution in [0.25, 0.3) is 0 Å². The molecule has 1 aromatic carbocycles. The van der Waals surface area contributed by atoms with E-state index in [0.717, 1.165) is 60.2 Å². The summed E-state index contributed by atoms with van der Waals surface area (Å²) in [5.74, 6) is -0.0928. The smallest absolute Gasteiger partial charge is 0.285 e. The zero-order chi connectivity index (χ0) is 17.4. The number of quaternary nitrogens is 1. The monoisotopic (exact) mass is 422 g/mol. The van der Waals surface area contributed by atoms with Crippen molar-refractivity contribution in [2.45, 2.75) is 64.8 Å². The standard InChI is InChI=1S/C20H29FN2O.Y/c1-4-23(11-6-5-7-12-23)20(9-8-10-20)19(24)22-18-15(2)13-17(21)14-16(18)3;/h13-14H,4-12H2,1-3H3;/p+1. The molecule has 0 spiro atoms. The molecule has 3 rings (SSSR count). The second-order valence-electron chi connectivity index (χ2n) is 7.72. The van der Waals surface area contributed by atoms with Crippen molar-refractivity contribution in [3.8, 4) is 0 Å². The van der Waals surface area contributed by atoms with Gasteiger partial charge in [0.25, 0.3) is 5.91 Å². The minimum absolute atomic E-state index is 0. The van der Waals surface area contributed by atoms with Gasteiger partial charge in [0, 0.05) is 51.2 Å². The van der Waals surface area contributed by atoms with E-state index in [4.69, 9.17) is 0 Å². The van der Waals surface area contributed by atoms with Crippen LogP contribution in [0.4, 0.5) is 10.1 Å². The van der Waals surface area contributed by atoms with Crippen molar-refractivity contribution in [3.05, 3.63) is 29.1 Å². The van der Waals surface area contributed by atoms with Crippen LogP contribution in [-0.4, -0.2) is 35.6 Å². The topological polar surface area (TPSA) is 29.1 Å². The molecule has 1 amide bonds. The van der Waals surface area contributed by atoms with Crippen LogP contribution in [0.1, 0.15) is 56.6 Å². The molecule has 0 aromatic heterocycles. The zero-order valence-electron chi connectivity index (χ0n) is 15.8. The molecule has 1 aliphatic heterocycles. The summed E-state index contributed by atoms with van der Waals surface area (Å²) in [6.45, 7) is 9.22. The summed E-state index contributed by atoms with van der Waals surface area (Å²) in [4.78, 5) is 13.3. The number of anilines is 1. The Kier molecular flexibility index (Phi) is 6.84. The van der Waals surface area contributed by atoms with Crippen molar-refractivity contribution in [2.24, 2.45) is 0 Å². The van der Waals surface area contributed by atoms with Crippen molar-refractivity contribution in [1.82, 2.24) is 0 Å². The van der Waals surface area contributed by atoms with E-state index in [-0.39, 0.29) is 50.0 Å². The Morgan fingerprint density at radius 2 is 1.68 bits per heavy atom. The number of carbonyl (C=O) groups is 1. The van der Waals surface area contributed by atoms with Crippen molar-refractivity contribution in [1.29, 1.82) is 0 Å². The van der Waals surface area contributed by atoms with Crippen LogP contribution < -0.4 is 5.32 Å². The molecule has 3 nitrogen and oxygen atoms in total. The third kappa shape index (κ3) is 3.59. The number of likely N-dealkylation sites (tertiary alicyclic amines) is 1. The van der Waals surface area contributed by atoms with Gasteiger partial charge in [0.15, 0.2) is 5.54 Å². The van der Waals surface area contributed by atoms with Crippen LogP contribution >= 0.6 is 0 Å². The van der Waals surface area contributed by atoms with E-state index in [1.807, 2.05) is 13.8 Å². The Bertz CT molecular complexity index is 614. The Balaban J connectivity index is 0.00000225. The number of benzene rings is 1. The van der Waals surface area contributed by atoms with E-state index in [1.54, 1.807) is 0 Å². The van der Waals surface area contributed by atoms with Gasteiger partial charge in [-0.15, -0.1) is 0 Å². The SMILES string of the molecule is CC[N+]1(C2(C(=O)Nc3c(C)cc(F)cc3C)CCC2)CCCCC1.[Y]. The molecule has 1 N–H and O–H groups in total. The minimum Gasteiger partial charge on any atom is -0.320 e. The Morgan fingerprint density at radius 1 is 1.12 bits per heavy atom. The van der Waals surface area contributed by atoms with Crippen molar-refractivity contribution in [2.75, 3.05) is 25.0 Å². The third-order valence-corrected chi connectivity index (χ3v) is 6.52. The predicted octanol–water partition coefficient (Wildman–Crippen LogP) is 4.32. The molecular weight excluding hydrogens is 392 g/mol. The largest absolute Gasteiger partial charge is 0.320 e. The maximum atomic E-state index is 13.5. The fraction of sp³-hybridized carbons (Fsp3) is 0.650. The number of nitrogens with one attached hydrogen (secondary N) is 1. The van der Waals surface area contributed by atoms with Gasteiger partial charge in [-0.2, -0.15) is 0 Å². The number of carbonyl (C=O) groups excluding carboxylic acids is 1. The number of aryl methyl sites for hydroxylation is 2. The molecule has 1 aromatic rings. The van der Waals surface area contributed by atoms with Gasteiger partial charge in [-0.1, -0.05) is 0 Å². The number of piperidine rings is 1. The predicted molar refractivity (Wildman–Crippen MR) is 95.5 cm³/mol. The molecule has 2 fully saturated rings. The molecule has 2 aliphatic rings. The summed E-state index contributed by atoms with van der Waals surface area (Å²) in [7, 11) is 0. The summed E-state index contributed by atoms with van der Waals surface area (Å²) < 4.78 is 14.5. The van der Waals surface area contributed by atoms with E-state index in [1.165, 1.54) is 31.4 Å². The molecule has 1 saturated carbocycles. The number of nitrogens with zero attached hydrogens (tertiary/aromatic N) is 1. The molecule has 1 radical (unpaired) electrons. The average molecular weight is 422 g/mol. The van der Waals surface area contributed by atoms with Gasteiger partial charge in [-0.25, -0.2) is 4.39 Å². The molecule has 0 atom stereocenters. The van der Waals surface area contributed by atoms with Crippen LogP contribution in [0.2, 0.25) is 0 Å². The quantitative estimate of drug-likeness (QED) is 0.720. The minimum atomic E-state index is -0.275. The first-order chi connectivity index (χ1) is 11.4. The average Bonchev–Trinajstić information content (AvgIpc) is 2.50. The molecule has 0 bridgehead atoms. The molecule has 1 saturated heterocycles. The summed E-state index contributed by atoms with van der Waals surface area (Å²) in [6, 6.07) is 3.00. The second kappa shape index (κ2) is 8.14. The molecule has 0 unspecified atom stereocenters. The van der Waals surface area contributed by atoms with E-state index >= 15 is 0 Å². The van der Waals surface area contributed by atoms with E-state index in [9.17, 15) is 9.18 Å². The number of rotatable bonds is 4. The number of halogens is 1. The van der Waals surface area contributed by atoms with Gasteiger partial charge in [-0.05, 0) is 69.7 Å². The Hall–Kier alpha value is -0.316. The summed E-state index contributed by atoms with van der Waals surface area (Å²) in [6.07, 6.45) is 6.82. The van der Waals surface area contributed by atoms with E-state index in [2.05, 4.69) is 12.2 Å². The van der Waals surface area contributed by atoms with Crippen LogP contribution in [0.3, 0.4) is 0 Å². The molecular formula is C20H30FN2OY+. The molecule has 1 aliphatic carbocycles. The van der Waals surface area contributed by atoms with Crippen molar-refractivity contribution in [3.63, 3.8) is 0 Å². The first-order valence-electron chi connectivity index (χ1n) is 9.38. The fourth-order valence-corrected chi connectivity index (χ4v) is 4.93. The number of likely N-dealkylation sites (N-methyl/N-ethyl adjacent to an activating group) is 1. The van der Waals surface area contributed by atoms with Crippen LogP contribution in [0.5, 0.6) is 0 Å². The number of hydrogen-bond acceptors (Lipinski definition) is 1.